The summed E-state index contributed by atoms with van der Waals surface area (Å²) >= 11 is 0. The molecule has 1 amide bonds. The molecular weight excluding hydrogens is 427 g/mol. The maximum absolute atomic E-state index is 13.1. The van der Waals surface area contributed by atoms with Gasteiger partial charge in [0.1, 0.15) is 11.9 Å². The Balaban J connectivity index is 1.53. The van der Waals surface area contributed by atoms with Gasteiger partial charge in [0.2, 0.25) is 5.91 Å². The molecule has 1 heterocycles. The Bertz CT molecular complexity index is 915. The van der Waals surface area contributed by atoms with Gasteiger partial charge in [-0.3, -0.25) is 4.79 Å². The molecule has 3 aliphatic carbocycles. The van der Waals surface area contributed by atoms with E-state index in [0.29, 0.717) is 35.3 Å². The highest BCUT2D eigenvalue weighted by Gasteiger charge is 2.64. The van der Waals surface area contributed by atoms with Crippen molar-refractivity contribution < 1.29 is 22.7 Å². The van der Waals surface area contributed by atoms with E-state index in [1.54, 1.807) is 0 Å². The van der Waals surface area contributed by atoms with Crippen molar-refractivity contribution >= 4 is 5.91 Å². The molecule has 1 saturated heterocycles. The average Bonchev–Trinajstić information content (AvgIpc) is 3.15. The van der Waals surface area contributed by atoms with Crippen molar-refractivity contribution in [1.29, 1.82) is 0 Å². The van der Waals surface area contributed by atoms with Crippen LogP contribution in [-0.2, 0) is 11.0 Å². The van der Waals surface area contributed by atoms with Crippen LogP contribution >= 0.6 is 0 Å². The number of nitrogens with zero attached hydrogens (tertiary/aromatic N) is 1. The van der Waals surface area contributed by atoms with Crippen LogP contribution in [-0.4, -0.2) is 30.0 Å². The van der Waals surface area contributed by atoms with E-state index in [2.05, 4.69) is 20.8 Å². The number of benzene rings is 1. The molecule has 0 N–H and O–H groups in total. The van der Waals surface area contributed by atoms with Gasteiger partial charge in [-0.1, -0.05) is 27.2 Å². The number of amides is 1. The largest absolute Gasteiger partial charge is 0.488 e. The first-order valence-electron chi connectivity index (χ1n) is 12.6. The number of ether oxygens (including phenoxy) is 1. The second-order valence-electron chi connectivity index (χ2n) is 11.8. The lowest BCUT2D eigenvalue weighted by Crippen LogP contribution is -2.69. The molecule has 3 unspecified atom stereocenters. The number of hydrogen-bond donors (Lipinski definition) is 0. The van der Waals surface area contributed by atoms with Crippen LogP contribution < -0.4 is 4.74 Å². The number of piperidine rings is 1. The summed E-state index contributed by atoms with van der Waals surface area (Å²) in [6, 6.07) is 4.99. The lowest BCUT2D eigenvalue weighted by molar-refractivity contribution is -0.191. The minimum absolute atomic E-state index is 0.0413. The van der Waals surface area contributed by atoms with Gasteiger partial charge in [-0.05, 0) is 90.9 Å². The van der Waals surface area contributed by atoms with Gasteiger partial charge >= 0.3 is 6.18 Å². The van der Waals surface area contributed by atoms with E-state index in [-0.39, 0.29) is 29.4 Å². The van der Waals surface area contributed by atoms with Gasteiger partial charge in [0.05, 0.1) is 11.6 Å². The number of fused-ring (bicyclic) bond motifs is 5. The van der Waals surface area contributed by atoms with Crippen LogP contribution in [0, 0.1) is 34.5 Å². The molecule has 8 atom stereocenters. The highest BCUT2D eigenvalue weighted by Crippen LogP contribution is 2.66. The lowest BCUT2D eigenvalue weighted by atomic mass is 9.44. The zero-order valence-corrected chi connectivity index (χ0v) is 20.1. The van der Waals surface area contributed by atoms with E-state index in [1.807, 2.05) is 11.9 Å². The van der Waals surface area contributed by atoms with Gasteiger partial charge in [-0.25, -0.2) is 0 Å². The van der Waals surface area contributed by atoms with Gasteiger partial charge in [0.15, 0.2) is 0 Å². The minimum Gasteiger partial charge on any atom is -0.488 e. The number of hydrogen-bond acceptors (Lipinski definition) is 2. The minimum atomic E-state index is -4.37. The van der Waals surface area contributed by atoms with E-state index >= 15 is 0 Å². The summed E-state index contributed by atoms with van der Waals surface area (Å²) in [7, 11) is 1.89. The van der Waals surface area contributed by atoms with Gasteiger partial charge in [0, 0.05) is 13.5 Å². The third kappa shape index (κ3) is 3.49. The van der Waals surface area contributed by atoms with E-state index in [0.717, 1.165) is 18.6 Å². The summed E-state index contributed by atoms with van der Waals surface area (Å²) in [5, 5.41) is 0. The predicted molar refractivity (Wildman–Crippen MR) is 121 cm³/mol. The second-order valence-corrected chi connectivity index (χ2v) is 11.8. The zero-order chi connectivity index (χ0) is 23.8. The first-order chi connectivity index (χ1) is 15.5. The first-order valence-corrected chi connectivity index (χ1v) is 12.6. The lowest BCUT2D eigenvalue weighted by Gasteiger charge is -2.65. The second kappa shape index (κ2) is 7.64. The Morgan fingerprint density at radius 1 is 1.03 bits per heavy atom. The molecule has 0 bridgehead atoms. The van der Waals surface area contributed by atoms with Crippen molar-refractivity contribution in [2.75, 3.05) is 7.05 Å². The third-order valence-electron chi connectivity index (χ3n) is 10.2. The number of likely N-dealkylation sites (tertiary alicyclic amines) is 1. The van der Waals surface area contributed by atoms with E-state index in [9.17, 15) is 18.0 Å². The molecular formula is C27H36F3NO2. The summed E-state index contributed by atoms with van der Waals surface area (Å²) < 4.78 is 45.8. The number of rotatable bonds is 2. The van der Waals surface area contributed by atoms with Crippen molar-refractivity contribution in [2.45, 2.75) is 84.0 Å². The molecule has 3 nitrogen and oxygen atoms in total. The molecule has 1 aromatic carbocycles. The Morgan fingerprint density at radius 3 is 2.39 bits per heavy atom. The number of halogens is 3. The van der Waals surface area contributed by atoms with E-state index in [1.165, 1.54) is 44.2 Å². The van der Waals surface area contributed by atoms with Crippen LogP contribution in [0.25, 0.3) is 0 Å². The molecule has 4 fully saturated rings. The Morgan fingerprint density at radius 2 is 1.73 bits per heavy atom. The molecule has 0 aromatic heterocycles. The Hall–Kier alpha value is -1.72. The number of likely N-dealkylation sites (N-methyl/N-ethyl adjacent to an activating group) is 1. The summed E-state index contributed by atoms with van der Waals surface area (Å²) in [6.07, 6.45) is 3.11. The standard InChI is InChI=1S/C27H36F3NO2/c1-16-22-19-6-5-13-25(19,2)14-11-20(22)26(3)15-12-21(32)31(4)24(26)23(16)33-18-9-7-17(8-10-18)27(28,29)30/h7-10,16,19-20,22-24H,5-6,11-15H2,1-4H3/t16?,19-,20+,22-,23?,24?,25-,26+/m0/s1. The number of carbonyl (C=O) groups excluding carboxylic acids is 1. The summed E-state index contributed by atoms with van der Waals surface area (Å²) in [5.74, 6) is 2.56. The average molecular weight is 464 g/mol. The molecule has 0 radical (unpaired) electrons. The molecule has 5 rings (SSSR count). The van der Waals surface area contributed by atoms with Gasteiger partial charge in [-0.15, -0.1) is 0 Å². The molecule has 0 spiro atoms. The molecule has 182 valence electrons. The maximum atomic E-state index is 13.1. The Labute approximate surface area is 195 Å². The highest BCUT2D eigenvalue weighted by atomic mass is 19.4. The van der Waals surface area contributed by atoms with Crippen molar-refractivity contribution in [1.82, 2.24) is 4.90 Å². The molecule has 4 aliphatic rings. The molecule has 33 heavy (non-hydrogen) atoms. The van der Waals surface area contributed by atoms with Crippen LogP contribution in [0.2, 0.25) is 0 Å². The fourth-order valence-corrected chi connectivity index (χ4v) is 8.54. The van der Waals surface area contributed by atoms with E-state index < -0.39 is 11.7 Å². The molecule has 6 heteroatoms. The number of alkyl halides is 3. The SMILES string of the molecule is CC1C(Oc2ccc(C(F)(F)F)cc2)C2N(C)C(=O)CC[C@]2(C)[C@@H]2CC[C@]3(C)CCC[C@H]3[C@H]12. The van der Waals surface area contributed by atoms with Crippen molar-refractivity contribution in [3.63, 3.8) is 0 Å². The van der Waals surface area contributed by atoms with Crippen molar-refractivity contribution in [3.05, 3.63) is 29.8 Å². The van der Waals surface area contributed by atoms with Crippen LogP contribution in [0.4, 0.5) is 13.2 Å². The number of carbonyl (C=O) groups is 1. The smallest absolute Gasteiger partial charge is 0.416 e. The fourth-order valence-electron chi connectivity index (χ4n) is 8.54. The van der Waals surface area contributed by atoms with Gasteiger partial charge in [0.25, 0.3) is 0 Å². The monoisotopic (exact) mass is 463 g/mol. The van der Waals surface area contributed by atoms with Crippen LogP contribution in [0.3, 0.4) is 0 Å². The van der Waals surface area contributed by atoms with Gasteiger partial charge < -0.3 is 9.64 Å². The van der Waals surface area contributed by atoms with Crippen LogP contribution in [0.5, 0.6) is 5.75 Å². The normalized spacial score (nSPS) is 43.0. The van der Waals surface area contributed by atoms with Crippen LogP contribution in [0.1, 0.15) is 71.3 Å². The third-order valence-corrected chi connectivity index (χ3v) is 10.2. The van der Waals surface area contributed by atoms with Gasteiger partial charge in [-0.2, -0.15) is 13.2 Å². The summed E-state index contributed by atoms with van der Waals surface area (Å²) in [5.41, 5.74) is -0.329. The first kappa shape index (κ1) is 23.0. The summed E-state index contributed by atoms with van der Waals surface area (Å²) in [6.45, 7) is 7.08. The van der Waals surface area contributed by atoms with Crippen molar-refractivity contribution in [3.8, 4) is 5.75 Å². The zero-order valence-electron chi connectivity index (χ0n) is 20.1. The summed E-state index contributed by atoms with van der Waals surface area (Å²) in [4.78, 5) is 14.7. The fraction of sp³-hybridized carbons (Fsp3) is 0.741. The molecule has 3 saturated carbocycles. The Kier molecular flexibility index (Phi) is 5.34. The van der Waals surface area contributed by atoms with Crippen molar-refractivity contribution in [2.24, 2.45) is 34.5 Å². The van der Waals surface area contributed by atoms with E-state index in [4.69, 9.17) is 4.74 Å². The predicted octanol–water partition coefficient (Wildman–Crippen LogP) is 6.56. The molecule has 1 aromatic rings. The molecule has 1 aliphatic heterocycles. The topological polar surface area (TPSA) is 29.5 Å². The quantitative estimate of drug-likeness (QED) is 0.497. The highest BCUT2D eigenvalue weighted by molar-refractivity contribution is 5.77. The van der Waals surface area contributed by atoms with Crippen LogP contribution in [0.15, 0.2) is 24.3 Å². The maximum Gasteiger partial charge on any atom is 0.416 e.